The third-order valence-electron chi connectivity index (χ3n) is 26.2. The Balaban J connectivity index is 0.629. The largest absolute Gasteiger partial charge is 0.454 e. The number of furan rings is 1. The summed E-state index contributed by atoms with van der Waals surface area (Å²) in [5, 5.41) is 7.21. The van der Waals surface area contributed by atoms with Crippen molar-refractivity contribution in [1.29, 1.82) is 0 Å². The highest BCUT2D eigenvalue weighted by molar-refractivity contribution is 7.26. The fourth-order valence-corrected chi connectivity index (χ4v) is 25.4. The van der Waals surface area contributed by atoms with E-state index < -0.39 is 10.8 Å². The minimum absolute atomic E-state index is 0.673. The maximum absolute atomic E-state index is 7.48. The van der Waals surface area contributed by atoms with Crippen molar-refractivity contribution in [2.24, 2.45) is 0 Å². The van der Waals surface area contributed by atoms with Crippen molar-refractivity contribution >= 4 is 165 Å². The number of para-hydroxylation sites is 6. The monoisotopic (exact) mass is 1610 g/mol. The Morgan fingerprint density at radius 1 is 0.213 bits per heavy atom. The Morgan fingerprint density at radius 3 is 1.07 bits per heavy atom. The van der Waals surface area contributed by atoms with Crippen molar-refractivity contribution in [3.63, 3.8) is 0 Å². The number of nitrogens with zero attached hydrogens (tertiary/aromatic N) is 4. The first-order chi connectivity index (χ1) is 60.5. The third-order valence-corrected chi connectivity index (χ3v) is 30.0. The second kappa shape index (κ2) is 26.8. The van der Waals surface area contributed by atoms with Gasteiger partial charge in [-0.25, -0.2) is 0 Å². The maximum atomic E-state index is 7.48. The molecule has 2 unspecified atom stereocenters. The average Bonchev–Trinajstić information content (AvgIpc) is 1.50. The van der Waals surface area contributed by atoms with Gasteiger partial charge in [-0.15, -0.1) is 34.0 Å². The second-order valence-corrected chi connectivity index (χ2v) is 35.5. The first kappa shape index (κ1) is 69.1. The van der Waals surface area contributed by atoms with Crippen LogP contribution in [0.5, 0.6) is 0 Å². The lowest BCUT2D eigenvalue weighted by Gasteiger charge is -2.33. The zero-order valence-corrected chi connectivity index (χ0v) is 68.3. The Bertz CT molecular complexity index is 8030. The van der Waals surface area contributed by atoms with E-state index in [0.29, 0.717) is 0 Å². The molecule has 8 heteroatoms. The lowest BCUT2D eigenvalue weighted by atomic mass is 9.73. The minimum atomic E-state index is -0.685. The van der Waals surface area contributed by atoms with Crippen LogP contribution >= 0.6 is 34.0 Å². The fraction of sp³-hybridized carbons (Fsp3) is 0.0175. The standard InChI is InChI=1S/C114H70N4OS3/c1-6-31-72(32-7-1)115(73-33-8-2-9-34-73)78-60-64-89-98(67-78)113(111-107(89)91-45-19-24-56-104(91)121-111)94-50-21-16-42-83(94)85-62-58-80(69-96(85)113)117(75-37-12-4-13-38-75)100-52-28-49-93-106-82(47-29-54-102(106)119-109(93)100)71-30-26-41-77(66-71)116(74-35-10-3-11-36-74)79-61-65-90-99(68-79)114(112-108(90)92-46-20-25-57-105(92)122-112)95-51-22-17-43-84(95)86-63-59-81(70-97(86)114)118(76-39-14-5-15-40-76)101-53-27-48-88-87-44-18-23-55-103(87)120-110(88)101/h1-70H. The summed E-state index contributed by atoms with van der Waals surface area (Å²) in [7, 11) is 0. The molecule has 4 aliphatic carbocycles. The highest BCUT2D eigenvalue weighted by Gasteiger charge is 2.56. The number of benzene rings is 18. The van der Waals surface area contributed by atoms with Crippen molar-refractivity contribution in [3.8, 4) is 55.6 Å². The van der Waals surface area contributed by atoms with Crippen LogP contribution in [-0.4, -0.2) is 0 Å². The third kappa shape index (κ3) is 9.85. The Hall–Kier alpha value is -14.9. The number of hydrogen-bond acceptors (Lipinski definition) is 8. The van der Waals surface area contributed by atoms with Gasteiger partial charge in [-0.05, 0) is 236 Å². The molecule has 0 aliphatic heterocycles. The molecule has 18 aromatic carbocycles. The molecule has 2 spiro atoms. The normalized spacial score (nSPS) is 14.8. The van der Waals surface area contributed by atoms with Crippen LogP contribution in [0.1, 0.15) is 43.1 Å². The van der Waals surface area contributed by atoms with E-state index in [1.165, 1.54) is 128 Å². The van der Waals surface area contributed by atoms with Gasteiger partial charge in [0.2, 0.25) is 0 Å². The Morgan fingerprint density at radius 2 is 0.557 bits per heavy atom. The summed E-state index contributed by atoms with van der Waals surface area (Å²) >= 11 is 5.77. The van der Waals surface area contributed by atoms with Crippen LogP contribution in [0, 0.1) is 0 Å². The number of rotatable bonds is 13. The highest BCUT2D eigenvalue weighted by Crippen LogP contribution is 2.70. The molecule has 0 fully saturated rings. The van der Waals surface area contributed by atoms with Crippen LogP contribution in [0.15, 0.2) is 429 Å². The van der Waals surface area contributed by atoms with Gasteiger partial charge in [0.05, 0.1) is 26.9 Å². The van der Waals surface area contributed by atoms with Gasteiger partial charge < -0.3 is 24.0 Å². The van der Waals surface area contributed by atoms with Gasteiger partial charge in [0.25, 0.3) is 0 Å². The van der Waals surface area contributed by atoms with E-state index in [9.17, 15) is 0 Å². The van der Waals surface area contributed by atoms with Crippen molar-refractivity contribution in [1.82, 2.24) is 0 Å². The van der Waals surface area contributed by atoms with Crippen molar-refractivity contribution in [3.05, 3.63) is 468 Å². The molecular weight excluding hydrogens is 1540 g/mol. The quantitative estimate of drug-likeness (QED) is 0.115. The van der Waals surface area contributed by atoms with Crippen molar-refractivity contribution in [2.75, 3.05) is 19.6 Å². The average molecular weight is 1610 g/mol. The first-order valence-electron chi connectivity index (χ1n) is 41.8. The molecule has 0 radical (unpaired) electrons. The number of anilines is 12. The van der Waals surface area contributed by atoms with Crippen LogP contribution in [0.25, 0.3) is 118 Å². The molecule has 122 heavy (non-hydrogen) atoms. The van der Waals surface area contributed by atoms with E-state index in [-0.39, 0.29) is 0 Å². The highest BCUT2D eigenvalue weighted by atomic mass is 32.1. The van der Waals surface area contributed by atoms with Crippen molar-refractivity contribution < 1.29 is 4.42 Å². The SMILES string of the molecule is c1ccc(N(c2ccccc2)c2ccc3c(c2)C2(c4ccccc4-c4ccc(N(c5ccccc5)c5cccc6c5oc5cccc(-c7cccc(N(c8ccccc8)c8ccc9c(c8)C8(c%10ccccc%10-c%10ccc(N(c%11ccccc%11)c%11cccc%12c%11sc%11ccccc%11%12)cc%108)c8sc%10ccccc%10c8-9)c7)c56)cc42)c2sc4ccccc4c2-3)cc1. The fourth-order valence-electron chi connectivity index (χ4n) is 21.3. The zero-order valence-electron chi connectivity index (χ0n) is 65.8. The van der Waals surface area contributed by atoms with Crippen LogP contribution in [0.2, 0.25) is 0 Å². The summed E-state index contributed by atoms with van der Waals surface area (Å²) in [5.74, 6) is 0. The van der Waals surface area contributed by atoms with Crippen molar-refractivity contribution in [2.45, 2.75) is 10.8 Å². The van der Waals surface area contributed by atoms with Crippen LogP contribution in [-0.2, 0) is 10.8 Å². The molecule has 0 saturated heterocycles. The van der Waals surface area contributed by atoms with Gasteiger partial charge in [-0.3, -0.25) is 0 Å². The number of thiophene rings is 3. The predicted octanol–water partition coefficient (Wildman–Crippen LogP) is 32.6. The van der Waals surface area contributed by atoms with E-state index in [1.807, 2.05) is 34.0 Å². The minimum Gasteiger partial charge on any atom is -0.454 e. The molecule has 22 aromatic rings. The molecule has 570 valence electrons. The van der Waals surface area contributed by atoms with Gasteiger partial charge in [-0.1, -0.05) is 267 Å². The molecule has 4 heterocycles. The lowest BCUT2D eigenvalue weighted by Crippen LogP contribution is -2.25. The molecule has 26 rings (SSSR count). The summed E-state index contributed by atoms with van der Waals surface area (Å²) < 4.78 is 12.6. The molecule has 4 aromatic heterocycles. The summed E-state index contributed by atoms with van der Waals surface area (Å²) in [6.45, 7) is 0. The predicted molar refractivity (Wildman–Crippen MR) is 514 cm³/mol. The summed E-state index contributed by atoms with van der Waals surface area (Å²) in [5.41, 5.74) is 33.1. The maximum Gasteiger partial charge on any atom is 0.159 e. The van der Waals surface area contributed by atoms with Crippen LogP contribution in [0.4, 0.5) is 68.2 Å². The molecule has 4 aliphatic rings. The van der Waals surface area contributed by atoms with E-state index in [1.54, 1.807) is 0 Å². The molecule has 5 nitrogen and oxygen atoms in total. The summed E-state index contributed by atoms with van der Waals surface area (Å²) in [6.07, 6.45) is 0. The summed E-state index contributed by atoms with van der Waals surface area (Å²) in [6, 6.07) is 158. The molecule has 0 saturated carbocycles. The Kier molecular flexibility index (Phi) is 15.2. The Labute approximate surface area is 717 Å². The van der Waals surface area contributed by atoms with Gasteiger partial charge >= 0.3 is 0 Å². The smallest absolute Gasteiger partial charge is 0.159 e. The molecule has 2 atom stereocenters. The number of fused-ring (bicyclic) bond motifs is 30. The van der Waals surface area contributed by atoms with Crippen LogP contribution < -0.4 is 19.6 Å². The van der Waals surface area contributed by atoms with E-state index >= 15 is 0 Å². The topological polar surface area (TPSA) is 26.1 Å². The van der Waals surface area contributed by atoms with Gasteiger partial charge in [0.1, 0.15) is 5.58 Å². The van der Waals surface area contributed by atoms with Crippen LogP contribution in [0.3, 0.4) is 0 Å². The van der Waals surface area contributed by atoms with Gasteiger partial charge in [0, 0.05) is 124 Å². The lowest BCUT2D eigenvalue weighted by molar-refractivity contribution is 0.669. The van der Waals surface area contributed by atoms with Gasteiger partial charge in [-0.2, -0.15) is 0 Å². The van der Waals surface area contributed by atoms with E-state index in [4.69, 9.17) is 4.42 Å². The van der Waals surface area contributed by atoms with Gasteiger partial charge in [0.15, 0.2) is 5.58 Å². The molecule has 0 N–H and O–H groups in total. The number of hydrogen-bond donors (Lipinski definition) is 0. The second-order valence-electron chi connectivity index (χ2n) is 32.4. The van der Waals surface area contributed by atoms with E-state index in [0.717, 1.165) is 101 Å². The van der Waals surface area contributed by atoms with E-state index in [2.05, 4.69) is 444 Å². The first-order valence-corrected chi connectivity index (χ1v) is 44.2. The molecule has 0 bridgehead atoms. The summed E-state index contributed by atoms with van der Waals surface area (Å²) in [4.78, 5) is 12.5. The molecular formula is C114H70N4OS3. The zero-order chi connectivity index (χ0) is 79.9. The molecule has 0 amide bonds.